The third-order valence-corrected chi connectivity index (χ3v) is 2.57. The highest BCUT2D eigenvalue weighted by Crippen LogP contribution is 2.47. The van der Waals surface area contributed by atoms with Crippen LogP contribution in [0.5, 0.6) is 0 Å². The number of carbonyl (C=O) groups is 1. The van der Waals surface area contributed by atoms with Crippen molar-refractivity contribution in [3.8, 4) is 0 Å². The van der Waals surface area contributed by atoms with E-state index in [-0.39, 0.29) is 5.41 Å². The van der Waals surface area contributed by atoms with Gasteiger partial charge in [0.1, 0.15) is 0 Å². The third kappa shape index (κ3) is 1.79. The Labute approximate surface area is 93.0 Å². The number of allylic oxidation sites excluding steroid dienone is 4. The van der Waals surface area contributed by atoms with Gasteiger partial charge in [-0.2, -0.15) is 0 Å². The van der Waals surface area contributed by atoms with Crippen molar-refractivity contribution in [2.75, 3.05) is 0 Å². The first-order valence-electron chi connectivity index (χ1n) is 4.65. The molecule has 0 radical (unpaired) electrons. The first-order chi connectivity index (χ1) is 7.00. The molecular weight excluding hydrogens is 216 g/mol. The van der Waals surface area contributed by atoms with Gasteiger partial charge in [0.2, 0.25) is 0 Å². The molecule has 1 aliphatic carbocycles. The maximum absolute atomic E-state index is 10.8. The van der Waals surface area contributed by atoms with Gasteiger partial charge in [-0.15, -0.1) is 0 Å². The summed E-state index contributed by atoms with van der Waals surface area (Å²) in [6.45, 7) is 3.97. The van der Waals surface area contributed by atoms with Crippen molar-refractivity contribution in [3.63, 3.8) is 0 Å². The molecule has 0 spiro atoms. The lowest BCUT2D eigenvalue weighted by atomic mass is 9.90. The Morgan fingerprint density at radius 3 is 3.00 bits per heavy atom. The van der Waals surface area contributed by atoms with Crippen LogP contribution in [0.1, 0.15) is 20.3 Å². The molecule has 0 atom stereocenters. The molecule has 0 bridgehead atoms. The second-order valence-corrected chi connectivity index (χ2v) is 4.51. The van der Waals surface area contributed by atoms with E-state index in [2.05, 4.69) is 0 Å². The summed E-state index contributed by atoms with van der Waals surface area (Å²) in [6, 6.07) is 0. The second-order valence-electron chi connectivity index (χ2n) is 4.20. The number of fused-ring (bicyclic) bond motifs is 1. The van der Waals surface area contributed by atoms with Crippen molar-refractivity contribution in [1.29, 1.82) is 0 Å². The van der Waals surface area contributed by atoms with Gasteiger partial charge >= 0.3 is 5.43 Å². The summed E-state index contributed by atoms with van der Waals surface area (Å²) in [4.78, 5) is 10.8. The molecule has 0 unspecified atom stereocenters. The molecule has 1 aliphatic heterocycles. The van der Waals surface area contributed by atoms with Crippen LogP contribution in [0.15, 0.2) is 35.5 Å². The Bertz CT molecular complexity index is 402. The fourth-order valence-corrected chi connectivity index (χ4v) is 1.96. The van der Waals surface area contributed by atoms with Crippen molar-refractivity contribution >= 4 is 17.0 Å². The molecular formula is C11H11ClO3. The van der Waals surface area contributed by atoms with Gasteiger partial charge in [-0.05, 0) is 18.1 Å². The number of carbonyl (C=O) groups excluding carboxylic acids is 1. The second kappa shape index (κ2) is 3.42. The van der Waals surface area contributed by atoms with E-state index in [1.807, 2.05) is 26.0 Å². The number of halogens is 1. The molecule has 2 aliphatic rings. The van der Waals surface area contributed by atoms with Crippen LogP contribution in [-0.4, -0.2) is 5.43 Å². The first-order valence-corrected chi connectivity index (χ1v) is 5.03. The van der Waals surface area contributed by atoms with E-state index < -0.39 is 5.43 Å². The van der Waals surface area contributed by atoms with E-state index in [1.165, 1.54) is 0 Å². The summed E-state index contributed by atoms with van der Waals surface area (Å²) in [6.07, 6.45) is 6.12. The van der Waals surface area contributed by atoms with Crippen LogP contribution in [-0.2, 0) is 9.47 Å². The fourth-order valence-electron chi connectivity index (χ4n) is 1.88. The smallest absolute Gasteiger partial charge is 0.409 e. The molecule has 0 saturated carbocycles. The number of hydrogen-bond donors (Lipinski definition) is 0. The summed E-state index contributed by atoms with van der Waals surface area (Å²) in [5, 5.41) is 0. The van der Waals surface area contributed by atoms with E-state index in [9.17, 15) is 4.79 Å². The Morgan fingerprint density at radius 2 is 2.33 bits per heavy atom. The van der Waals surface area contributed by atoms with E-state index >= 15 is 0 Å². The van der Waals surface area contributed by atoms with Gasteiger partial charge in [-0.1, -0.05) is 19.9 Å². The minimum Gasteiger partial charge on any atom is -0.461 e. The predicted octanol–water partition coefficient (Wildman–Crippen LogP) is 3.47. The number of ether oxygens (including phenoxy) is 2. The van der Waals surface area contributed by atoms with Gasteiger partial charge in [0.15, 0.2) is 11.5 Å². The van der Waals surface area contributed by atoms with Gasteiger partial charge < -0.3 is 9.47 Å². The van der Waals surface area contributed by atoms with Gasteiger partial charge in [-0.25, -0.2) is 4.79 Å². The Hall–Kier alpha value is -1.22. The van der Waals surface area contributed by atoms with Crippen molar-refractivity contribution in [1.82, 2.24) is 0 Å². The van der Waals surface area contributed by atoms with Gasteiger partial charge in [-0.3, -0.25) is 0 Å². The lowest BCUT2D eigenvalue weighted by molar-refractivity contribution is 0.171. The van der Waals surface area contributed by atoms with Crippen molar-refractivity contribution in [2.24, 2.45) is 5.41 Å². The minimum absolute atomic E-state index is 0.252. The standard InChI is InChI=1S/C11H11ClO3/c1-11(2)6-7-4-3-5-14-8(7)9(11)15-10(12)13/h3-5H,6H2,1-2H3. The molecule has 0 amide bonds. The van der Waals surface area contributed by atoms with E-state index in [0.717, 1.165) is 12.0 Å². The maximum atomic E-state index is 10.8. The zero-order chi connectivity index (χ0) is 11.1. The Morgan fingerprint density at radius 1 is 1.60 bits per heavy atom. The van der Waals surface area contributed by atoms with Gasteiger partial charge in [0.25, 0.3) is 0 Å². The quantitative estimate of drug-likeness (QED) is 0.643. The van der Waals surface area contributed by atoms with Crippen molar-refractivity contribution in [2.45, 2.75) is 20.3 Å². The topological polar surface area (TPSA) is 35.5 Å². The summed E-state index contributed by atoms with van der Waals surface area (Å²) in [5.74, 6) is 1.13. The van der Waals surface area contributed by atoms with Gasteiger partial charge in [0, 0.05) is 17.0 Å². The molecule has 0 aromatic heterocycles. The molecule has 0 aromatic rings. The zero-order valence-electron chi connectivity index (χ0n) is 8.54. The van der Waals surface area contributed by atoms with Crippen LogP contribution in [0.3, 0.4) is 0 Å². The summed E-state index contributed by atoms with van der Waals surface area (Å²) in [7, 11) is 0. The molecule has 4 heteroatoms. The highest BCUT2D eigenvalue weighted by molar-refractivity contribution is 6.61. The molecule has 0 fully saturated rings. The number of hydrogen-bond acceptors (Lipinski definition) is 3. The normalized spacial score (nSPS) is 21.9. The maximum Gasteiger partial charge on any atom is 0.409 e. The molecule has 2 rings (SSSR count). The minimum atomic E-state index is -0.829. The highest BCUT2D eigenvalue weighted by Gasteiger charge is 2.40. The van der Waals surface area contributed by atoms with Crippen LogP contribution in [0.4, 0.5) is 4.79 Å². The number of rotatable bonds is 1. The predicted molar refractivity (Wildman–Crippen MR) is 56.1 cm³/mol. The van der Waals surface area contributed by atoms with E-state index in [1.54, 1.807) is 6.26 Å². The van der Waals surface area contributed by atoms with Gasteiger partial charge in [0.05, 0.1) is 6.26 Å². The zero-order valence-corrected chi connectivity index (χ0v) is 9.30. The summed E-state index contributed by atoms with van der Waals surface area (Å²) >= 11 is 5.23. The molecule has 15 heavy (non-hydrogen) atoms. The molecule has 0 N–H and O–H groups in total. The lowest BCUT2D eigenvalue weighted by Gasteiger charge is -2.19. The van der Waals surface area contributed by atoms with E-state index in [0.29, 0.717) is 11.5 Å². The first kappa shape index (κ1) is 10.3. The third-order valence-electron chi connectivity index (χ3n) is 2.49. The van der Waals surface area contributed by atoms with E-state index in [4.69, 9.17) is 21.1 Å². The molecule has 1 heterocycles. The molecule has 0 saturated heterocycles. The Kier molecular flexibility index (Phi) is 2.35. The highest BCUT2D eigenvalue weighted by atomic mass is 35.5. The van der Waals surface area contributed by atoms with Crippen LogP contribution >= 0.6 is 11.6 Å². The van der Waals surface area contributed by atoms with Crippen LogP contribution < -0.4 is 0 Å². The lowest BCUT2D eigenvalue weighted by Crippen LogP contribution is -2.14. The molecule has 3 nitrogen and oxygen atoms in total. The average Bonchev–Trinajstić information content (AvgIpc) is 2.37. The summed E-state index contributed by atoms with van der Waals surface area (Å²) < 4.78 is 10.3. The van der Waals surface area contributed by atoms with Crippen molar-refractivity contribution < 1.29 is 14.3 Å². The SMILES string of the molecule is CC1(C)CC2=CC=COC2=C1OC(=O)Cl. The van der Waals surface area contributed by atoms with Crippen LogP contribution in [0.2, 0.25) is 0 Å². The van der Waals surface area contributed by atoms with Crippen molar-refractivity contribution in [3.05, 3.63) is 35.5 Å². The fraction of sp³-hybridized carbons (Fsp3) is 0.364. The summed E-state index contributed by atoms with van der Waals surface area (Å²) in [5.41, 5.74) is -0.0435. The average molecular weight is 227 g/mol. The van der Waals surface area contributed by atoms with Crippen LogP contribution in [0, 0.1) is 5.41 Å². The van der Waals surface area contributed by atoms with Crippen LogP contribution in [0.25, 0.3) is 0 Å². The molecule has 80 valence electrons. The Balaban J connectivity index is 2.41. The monoisotopic (exact) mass is 226 g/mol. The molecule has 0 aromatic carbocycles. The largest absolute Gasteiger partial charge is 0.461 e.